The summed E-state index contributed by atoms with van der Waals surface area (Å²) in [6.45, 7) is 2.14. The van der Waals surface area contributed by atoms with Crippen LogP contribution in [0.25, 0.3) is 0 Å². The molecule has 0 aromatic heterocycles. The molecule has 0 radical (unpaired) electrons. The summed E-state index contributed by atoms with van der Waals surface area (Å²) in [5.74, 6) is 0. The molecule has 0 aromatic rings. The van der Waals surface area contributed by atoms with Gasteiger partial charge in [-0.05, 0) is 6.42 Å². The fraction of sp³-hybridized carbons (Fsp3) is 1.00. The second-order valence-electron chi connectivity index (χ2n) is 2.17. The van der Waals surface area contributed by atoms with Crippen molar-refractivity contribution in [1.29, 1.82) is 0 Å². The van der Waals surface area contributed by atoms with Crippen molar-refractivity contribution >= 4 is 33.4 Å². The van der Waals surface area contributed by atoms with Gasteiger partial charge in [0, 0.05) is 10.2 Å². The summed E-state index contributed by atoms with van der Waals surface area (Å²) >= 11 is 11.5. The number of hydrogen-bond acceptors (Lipinski definition) is 0. The van der Waals surface area contributed by atoms with Gasteiger partial charge in [0.1, 0.15) is 0 Å². The Morgan fingerprint density at radius 2 is 2.00 bits per heavy atom. The maximum Gasteiger partial charge on any atom is 0.0972 e. The van der Waals surface area contributed by atoms with Crippen LogP contribution >= 0.6 is 23.2 Å². The average molecular weight is 171 g/mol. The molecule has 0 nitrogen and oxygen atoms in total. The summed E-state index contributed by atoms with van der Waals surface area (Å²) < 4.78 is -0.365. The van der Waals surface area contributed by atoms with Gasteiger partial charge in [-0.3, -0.25) is 0 Å². The Labute approximate surface area is 64.0 Å². The monoisotopic (exact) mass is 170 g/mol. The molecule has 0 unspecified atom stereocenters. The van der Waals surface area contributed by atoms with Gasteiger partial charge in [0.15, 0.2) is 0 Å². The maximum absolute atomic E-state index is 5.74. The maximum atomic E-state index is 5.74. The minimum absolute atomic E-state index is 0.365. The molecule has 3 heteroatoms. The first-order valence-electron chi connectivity index (χ1n) is 2.94. The first-order valence-corrected chi connectivity index (χ1v) is 4.69. The molecule has 0 aliphatic rings. The molecule has 8 heavy (non-hydrogen) atoms. The first kappa shape index (κ1) is 8.80. The zero-order valence-electron chi connectivity index (χ0n) is 5.38. The van der Waals surface area contributed by atoms with Crippen LogP contribution in [-0.4, -0.2) is 14.2 Å². The molecule has 0 heterocycles. The molecule has 0 fully saturated rings. The van der Waals surface area contributed by atoms with Crippen molar-refractivity contribution in [2.75, 3.05) is 0 Å². The minimum atomic E-state index is -0.365. The molecule has 0 spiro atoms. The van der Waals surface area contributed by atoms with Gasteiger partial charge in [0.25, 0.3) is 0 Å². The normalized spacial score (nSPS) is 12.4. The molecule has 0 aliphatic carbocycles. The van der Waals surface area contributed by atoms with Crippen LogP contribution in [0.4, 0.5) is 0 Å². The SMILES string of the molecule is CCCCC([SiH3])(Cl)Cl. The molecule has 0 N–H and O–H groups in total. The van der Waals surface area contributed by atoms with E-state index in [0.29, 0.717) is 0 Å². The van der Waals surface area contributed by atoms with Crippen molar-refractivity contribution in [1.82, 2.24) is 0 Å². The summed E-state index contributed by atoms with van der Waals surface area (Å²) in [4.78, 5) is 0. The van der Waals surface area contributed by atoms with Crippen LogP contribution in [0.15, 0.2) is 0 Å². The zero-order chi connectivity index (χ0) is 6.62. The van der Waals surface area contributed by atoms with Crippen molar-refractivity contribution in [3.8, 4) is 0 Å². The number of rotatable bonds is 3. The molecule has 0 rings (SSSR count). The number of alkyl halides is 2. The Morgan fingerprint density at radius 3 is 2.12 bits per heavy atom. The van der Waals surface area contributed by atoms with E-state index in [4.69, 9.17) is 23.2 Å². The highest BCUT2D eigenvalue weighted by Crippen LogP contribution is 2.22. The van der Waals surface area contributed by atoms with E-state index in [9.17, 15) is 0 Å². The average Bonchev–Trinajstić information content (AvgIpc) is 1.59. The third kappa shape index (κ3) is 6.80. The Kier molecular flexibility index (Phi) is 4.13. The van der Waals surface area contributed by atoms with Crippen LogP contribution in [-0.2, 0) is 0 Å². The van der Waals surface area contributed by atoms with Gasteiger partial charge in [-0.25, -0.2) is 0 Å². The second kappa shape index (κ2) is 3.75. The van der Waals surface area contributed by atoms with Crippen molar-refractivity contribution in [2.45, 2.75) is 30.1 Å². The van der Waals surface area contributed by atoms with Crippen LogP contribution in [0, 0.1) is 0 Å². The third-order valence-corrected chi connectivity index (χ3v) is 1.85. The number of hydrogen-bond donors (Lipinski definition) is 0. The highest BCUT2D eigenvalue weighted by atomic mass is 35.5. The van der Waals surface area contributed by atoms with E-state index in [-0.39, 0.29) is 3.96 Å². The third-order valence-electron chi connectivity index (χ3n) is 0.969. The highest BCUT2D eigenvalue weighted by Gasteiger charge is 2.13. The van der Waals surface area contributed by atoms with Gasteiger partial charge in [-0.15, -0.1) is 23.2 Å². The Morgan fingerprint density at radius 1 is 1.50 bits per heavy atom. The molecular weight excluding hydrogens is 159 g/mol. The van der Waals surface area contributed by atoms with E-state index >= 15 is 0 Å². The fourth-order valence-corrected chi connectivity index (χ4v) is 1.11. The van der Waals surface area contributed by atoms with Gasteiger partial charge in [0.05, 0.1) is 3.96 Å². The first-order chi connectivity index (χ1) is 3.56. The summed E-state index contributed by atoms with van der Waals surface area (Å²) in [7, 11) is 0.873. The predicted molar refractivity (Wildman–Crippen MR) is 43.9 cm³/mol. The van der Waals surface area contributed by atoms with E-state index in [1.807, 2.05) is 0 Å². The van der Waals surface area contributed by atoms with Crippen LogP contribution in [0.3, 0.4) is 0 Å². The standard InChI is InChI=1S/C5H12Cl2Si/c1-2-3-4-5(6,7)8/h2-4H2,1,8H3. The molecule has 50 valence electrons. The minimum Gasteiger partial charge on any atom is -0.107 e. The molecule has 0 saturated carbocycles. The summed E-state index contributed by atoms with van der Waals surface area (Å²) in [5.41, 5.74) is 0. The Bertz CT molecular complexity index is 57.9. The van der Waals surface area contributed by atoms with E-state index in [2.05, 4.69) is 6.92 Å². The van der Waals surface area contributed by atoms with Gasteiger partial charge in [0.2, 0.25) is 0 Å². The lowest BCUT2D eigenvalue weighted by molar-refractivity contribution is 0.733. The van der Waals surface area contributed by atoms with Crippen molar-refractivity contribution < 1.29 is 0 Å². The number of unbranched alkanes of at least 4 members (excludes halogenated alkanes) is 1. The lowest BCUT2D eigenvalue weighted by Crippen LogP contribution is -2.10. The van der Waals surface area contributed by atoms with Crippen LogP contribution < -0.4 is 0 Å². The van der Waals surface area contributed by atoms with Crippen LogP contribution in [0.1, 0.15) is 26.2 Å². The molecule has 0 amide bonds. The summed E-state index contributed by atoms with van der Waals surface area (Å²) in [5, 5.41) is 0. The largest absolute Gasteiger partial charge is 0.107 e. The summed E-state index contributed by atoms with van der Waals surface area (Å²) in [6, 6.07) is 0. The Balaban J connectivity index is 3.11. The van der Waals surface area contributed by atoms with Crippen molar-refractivity contribution in [3.05, 3.63) is 0 Å². The second-order valence-corrected chi connectivity index (χ2v) is 7.01. The number of halogens is 2. The zero-order valence-corrected chi connectivity index (χ0v) is 8.89. The quantitative estimate of drug-likeness (QED) is 0.447. The molecule has 0 bridgehead atoms. The highest BCUT2D eigenvalue weighted by molar-refractivity contribution is 6.65. The Hall–Kier alpha value is 0.797. The van der Waals surface area contributed by atoms with Gasteiger partial charge in [-0.1, -0.05) is 19.8 Å². The molecule has 0 aliphatic heterocycles. The van der Waals surface area contributed by atoms with E-state index in [1.165, 1.54) is 6.42 Å². The van der Waals surface area contributed by atoms with Crippen molar-refractivity contribution in [2.24, 2.45) is 0 Å². The predicted octanol–water partition coefficient (Wildman–Crippen LogP) is 1.67. The molecule has 0 saturated heterocycles. The smallest absolute Gasteiger partial charge is 0.0972 e. The molecule has 0 aromatic carbocycles. The molecular formula is C5H12Cl2Si. The van der Waals surface area contributed by atoms with Gasteiger partial charge in [-0.2, -0.15) is 0 Å². The van der Waals surface area contributed by atoms with Crippen LogP contribution in [0.2, 0.25) is 0 Å². The molecule has 0 atom stereocenters. The van der Waals surface area contributed by atoms with E-state index < -0.39 is 0 Å². The lowest BCUT2D eigenvalue weighted by atomic mass is 10.3. The van der Waals surface area contributed by atoms with Gasteiger partial charge >= 0.3 is 0 Å². The van der Waals surface area contributed by atoms with Crippen molar-refractivity contribution in [3.63, 3.8) is 0 Å². The van der Waals surface area contributed by atoms with E-state index in [1.54, 1.807) is 0 Å². The van der Waals surface area contributed by atoms with Gasteiger partial charge < -0.3 is 0 Å². The van der Waals surface area contributed by atoms with E-state index in [0.717, 1.165) is 23.1 Å². The fourth-order valence-electron chi connectivity index (χ4n) is 0.487. The lowest BCUT2D eigenvalue weighted by Gasteiger charge is -2.10. The topological polar surface area (TPSA) is 0 Å². The summed E-state index contributed by atoms with van der Waals surface area (Å²) in [6.07, 6.45) is 3.29. The van der Waals surface area contributed by atoms with Crippen LogP contribution in [0.5, 0.6) is 0 Å².